The van der Waals surface area contributed by atoms with Crippen molar-refractivity contribution >= 4 is 56.0 Å². The topological polar surface area (TPSA) is 18.5 Å². The molecule has 2 aromatic carbocycles. The third kappa shape index (κ3) is 2.22. The van der Waals surface area contributed by atoms with Gasteiger partial charge in [-0.15, -0.1) is 0 Å². The largest absolute Gasteiger partial charge is 0.496 e. The van der Waals surface area contributed by atoms with E-state index in [9.17, 15) is 0 Å². The minimum atomic E-state index is 0.911. The van der Waals surface area contributed by atoms with Gasteiger partial charge in [-0.05, 0) is 80.2 Å². The Balaban J connectivity index is 2.71. The Morgan fingerprint density at radius 2 is 1.12 bits per heavy atom. The number of rotatable bonds is 2. The van der Waals surface area contributed by atoms with Crippen LogP contribution in [0.2, 0.25) is 0 Å². The summed E-state index contributed by atoms with van der Waals surface area (Å²) in [6.45, 7) is 0. The van der Waals surface area contributed by atoms with Crippen molar-refractivity contribution in [1.29, 1.82) is 0 Å². The van der Waals surface area contributed by atoms with E-state index < -0.39 is 0 Å². The number of halogens is 2. The van der Waals surface area contributed by atoms with Crippen molar-refractivity contribution in [3.63, 3.8) is 0 Å². The predicted molar refractivity (Wildman–Crippen MR) is 82.5 cm³/mol. The van der Waals surface area contributed by atoms with Gasteiger partial charge < -0.3 is 9.47 Å². The Labute approximate surface area is 122 Å². The Morgan fingerprint density at radius 3 is 1.44 bits per heavy atom. The molecule has 0 unspecified atom stereocenters. The maximum Gasteiger partial charge on any atom is 0.132 e. The molecule has 0 aromatic heterocycles. The zero-order chi connectivity index (χ0) is 11.7. The average Bonchev–Trinajstić information content (AvgIpc) is 2.28. The van der Waals surface area contributed by atoms with Crippen LogP contribution in [0.5, 0.6) is 11.5 Å². The van der Waals surface area contributed by atoms with Crippen molar-refractivity contribution in [3.05, 3.63) is 31.4 Å². The van der Waals surface area contributed by atoms with Crippen LogP contribution in [0.25, 0.3) is 10.8 Å². The molecule has 2 aromatic rings. The van der Waals surface area contributed by atoms with Gasteiger partial charge in [-0.3, -0.25) is 0 Å². The number of methoxy groups -OCH3 is 2. The SMILES string of the molecule is COc1cc2cc(I)c(OC)cc2cc1I. The highest BCUT2D eigenvalue weighted by molar-refractivity contribution is 14.1. The van der Waals surface area contributed by atoms with E-state index in [-0.39, 0.29) is 0 Å². The van der Waals surface area contributed by atoms with Crippen molar-refractivity contribution in [2.24, 2.45) is 0 Å². The molecule has 84 valence electrons. The van der Waals surface area contributed by atoms with Crippen LogP contribution in [0.4, 0.5) is 0 Å². The fraction of sp³-hybridized carbons (Fsp3) is 0.167. The minimum absolute atomic E-state index is 0.911. The summed E-state index contributed by atoms with van der Waals surface area (Å²) < 4.78 is 12.8. The molecule has 16 heavy (non-hydrogen) atoms. The summed E-state index contributed by atoms with van der Waals surface area (Å²) in [6.07, 6.45) is 0. The summed E-state index contributed by atoms with van der Waals surface area (Å²) in [5, 5.41) is 2.34. The Hall–Kier alpha value is -0.240. The first-order chi connectivity index (χ1) is 7.65. The van der Waals surface area contributed by atoms with Crippen LogP contribution in [0.15, 0.2) is 24.3 Å². The van der Waals surface area contributed by atoms with Crippen LogP contribution in [-0.4, -0.2) is 14.2 Å². The number of ether oxygens (including phenoxy) is 2. The van der Waals surface area contributed by atoms with Crippen LogP contribution < -0.4 is 9.47 Å². The lowest BCUT2D eigenvalue weighted by molar-refractivity contribution is 0.411. The zero-order valence-electron chi connectivity index (χ0n) is 8.88. The molecule has 0 aliphatic rings. The van der Waals surface area contributed by atoms with Crippen molar-refractivity contribution in [1.82, 2.24) is 0 Å². The van der Waals surface area contributed by atoms with Crippen molar-refractivity contribution in [2.75, 3.05) is 14.2 Å². The Kier molecular flexibility index (Phi) is 3.78. The quantitative estimate of drug-likeness (QED) is 0.657. The van der Waals surface area contributed by atoms with Gasteiger partial charge in [0.1, 0.15) is 11.5 Å². The van der Waals surface area contributed by atoms with Gasteiger partial charge in [0.15, 0.2) is 0 Å². The molecule has 0 amide bonds. The second kappa shape index (κ2) is 4.95. The molecule has 0 saturated heterocycles. The fourth-order valence-corrected chi connectivity index (χ4v) is 2.99. The smallest absolute Gasteiger partial charge is 0.132 e. The zero-order valence-corrected chi connectivity index (χ0v) is 13.2. The van der Waals surface area contributed by atoms with Gasteiger partial charge >= 0.3 is 0 Å². The number of benzene rings is 2. The normalized spacial score (nSPS) is 10.5. The Bertz CT molecular complexity index is 489. The van der Waals surface area contributed by atoms with E-state index in [1.165, 1.54) is 10.8 Å². The van der Waals surface area contributed by atoms with Crippen molar-refractivity contribution in [3.8, 4) is 11.5 Å². The number of hydrogen-bond donors (Lipinski definition) is 0. The average molecular weight is 440 g/mol. The standard InChI is InChI=1S/C12H10I2O2/c1-15-11-5-7-4-10(14)12(16-2)6-8(7)3-9(11)13/h3-6H,1-2H3. The summed E-state index contributed by atoms with van der Waals surface area (Å²) in [6, 6.07) is 8.32. The van der Waals surface area contributed by atoms with E-state index in [2.05, 4.69) is 69.4 Å². The Morgan fingerprint density at radius 1 is 0.750 bits per heavy atom. The monoisotopic (exact) mass is 440 g/mol. The third-order valence-electron chi connectivity index (χ3n) is 2.38. The van der Waals surface area contributed by atoms with Crippen LogP contribution in [0.3, 0.4) is 0 Å². The highest BCUT2D eigenvalue weighted by Gasteiger charge is 2.06. The summed E-state index contributed by atoms with van der Waals surface area (Å²) in [4.78, 5) is 0. The molecule has 0 aliphatic heterocycles. The van der Waals surface area contributed by atoms with E-state index >= 15 is 0 Å². The molecule has 0 saturated carbocycles. The lowest BCUT2D eigenvalue weighted by Crippen LogP contribution is -1.90. The molecule has 0 fully saturated rings. The summed E-state index contributed by atoms with van der Waals surface area (Å²) in [5.41, 5.74) is 0. The summed E-state index contributed by atoms with van der Waals surface area (Å²) in [5.74, 6) is 1.82. The van der Waals surface area contributed by atoms with Crippen molar-refractivity contribution < 1.29 is 9.47 Å². The van der Waals surface area contributed by atoms with E-state index in [0.717, 1.165) is 18.6 Å². The van der Waals surface area contributed by atoms with E-state index in [1.807, 2.05) is 0 Å². The molecular weight excluding hydrogens is 430 g/mol. The molecule has 0 bridgehead atoms. The molecule has 0 N–H and O–H groups in total. The molecule has 0 radical (unpaired) electrons. The van der Waals surface area contributed by atoms with Crippen LogP contribution in [0, 0.1) is 7.14 Å². The van der Waals surface area contributed by atoms with Gasteiger partial charge in [0, 0.05) is 0 Å². The molecule has 2 nitrogen and oxygen atoms in total. The molecule has 4 heteroatoms. The van der Waals surface area contributed by atoms with Gasteiger partial charge in [0.05, 0.1) is 21.4 Å². The van der Waals surface area contributed by atoms with Crippen LogP contribution in [-0.2, 0) is 0 Å². The van der Waals surface area contributed by atoms with E-state index in [0.29, 0.717) is 0 Å². The van der Waals surface area contributed by atoms with E-state index in [4.69, 9.17) is 9.47 Å². The fourth-order valence-electron chi connectivity index (χ4n) is 1.57. The molecule has 2 rings (SSSR count). The van der Waals surface area contributed by atoms with Crippen molar-refractivity contribution in [2.45, 2.75) is 0 Å². The highest BCUT2D eigenvalue weighted by Crippen LogP contribution is 2.32. The number of hydrogen-bond acceptors (Lipinski definition) is 2. The lowest BCUT2D eigenvalue weighted by Gasteiger charge is -2.09. The van der Waals surface area contributed by atoms with E-state index in [1.54, 1.807) is 14.2 Å². The first-order valence-corrected chi connectivity index (χ1v) is 6.82. The lowest BCUT2D eigenvalue weighted by atomic mass is 10.1. The molecule has 0 heterocycles. The predicted octanol–water partition coefficient (Wildman–Crippen LogP) is 4.07. The first-order valence-electron chi connectivity index (χ1n) is 4.66. The summed E-state index contributed by atoms with van der Waals surface area (Å²) in [7, 11) is 3.38. The van der Waals surface area contributed by atoms with Gasteiger partial charge in [0.2, 0.25) is 0 Å². The van der Waals surface area contributed by atoms with Gasteiger partial charge in [-0.2, -0.15) is 0 Å². The van der Waals surface area contributed by atoms with Gasteiger partial charge in [0.25, 0.3) is 0 Å². The maximum absolute atomic E-state index is 5.31. The molecular formula is C12H10I2O2. The first kappa shape index (κ1) is 12.2. The van der Waals surface area contributed by atoms with Crippen LogP contribution in [0.1, 0.15) is 0 Å². The van der Waals surface area contributed by atoms with Crippen LogP contribution >= 0.6 is 45.2 Å². The maximum atomic E-state index is 5.31. The second-order valence-electron chi connectivity index (χ2n) is 3.32. The van der Waals surface area contributed by atoms with Gasteiger partial charge in [-0.25, -0.2) is 0 Å². The minimum Gasteiger partial charge on any atom is -0.496 e. The molecule has 0 atom stereocenters. The third-order valence-corrected chi connectivity index (χ3v) is 4.07. The molecule has 0 spiro atoms. The summed E-state index contributed by atoms with van der Waals surface area (Å²) >= 11 is 4.55. The molecule has 0 aliphatic carbocycles. The second-order valence-corrected chi connectivity index (χ2v) is 5.65. The number of fused-ring (bicyclic) bond motifs is 1. The highest BCUT2D eigenvalue weighted by atomic mass is 127. The van der Waals surface area contributed by atoms with Gasteiger partial charge in [-0.1, -0.05) is 0 Å².